The molecule has 5 heteroatoms. The Morgan fingerprint density at radius 3 is 2.94 bits per heavy atom. The predicted octanol–water partition coefficient (Wildman–Crippen LogP) is 4.56. The van der Waals surface area contributed by atoms with Gasteiger partial charge in [-0.15, -0.1) is 0 Å². The minimum Gasteiger partial charge on any atom is -0.378 e. The smallest absolute Gasteiger partial charge is 0.152 e. The first kappa shape index (κ1) is 13.3. The van der Waals surface area contributed by atoms with Gasteiger partial charge in [0.1, 0.15) is 5.82 Å². The van der Waals surface area contributed by atoms with Crippen LogP contribution in [0.3, 0.4) is 0 Å². The van der Waals surface area contributed by atoms with Crippen LogP contribution in [0.15, 0.2) is 34.9 Å². The van der Waals surface area contributed by atoms with Crippen LogP contribution in [0.2, 0.25) is 5.15 Å². The summed E-state index contributed by atoms with van der Waals surface area (Å²) in [6.07, 6.45) is 1.61. The molecule has 1 heterocycles. The van der Waals surface area contributed by atoms with Crippen molar-refractivity contribution in [3.63, 3.8) is 0 Å². The molecule has 0 aliphatic rings. The van der Waals surface area contributed by atoms with Crippen molar-refractivity contribution in [3.8, 4) is 0 Å². The molecule has 0 saturated carbocycles. The van der Waals surface area contributed by atoms with Gasteiger partial charge in [0.05, 0.1) is 5.69 Å². The van der Waals surface area contributed by atoms with Crippen LogP contribution in [0.5, 0.6) is 0 Å². The molecule has 18 heavy (non-hydrogen) atoms. The summed E-state index contributed by atoms with van der Waals surface area (Å²) < 4.78 is 14.4. The van der Waals surface area contributed by atoms with Crippen LogP contribution >= 0.6 is 27.5 Å². The van der Waals surface area contributed by atoms with Crippen LogP contribution in [0, 0.1) is 12.7 Å². The standard InChI is InChI=1S/C13H11BrClFN2/c1-8-2-3-11(16)9(4-8)6-17-12-5-10(14)7-18-13(12)15/h2-5,7,17H,6H2,1H3. The van der Waals surface area contributed by atoms with Gasteiger partial charge in [-0.25, -0.2) is 9.37 Å². The zero-order valence-corrected chi connectivity index (χ0v) is 12.0. The highest BCUT2D eigenvalue weighted by molar-refractivity contribution is 9.10. The maximum absolute atomic E-state index is 13.6. The van der Waals surface area contributed by atoms with Crippen molar-refractivity contribution in [1.82, 2.24) is 4.98 Å². The SMILES string of the molecule is Cc1ccc(F)c(CNc2cc(Br)cnc2Cl)c1. The summed E-state index contributed by atoms with van der Waals surface area (Å²) in [5, 5.41) is 3.44. The van der Waals surface area contributed by atoms with Crippen molar-refractivity contribution < 1.29 is 4.39 Å². The number of rotatable bonds is 3. The maximum Gasteiger partial charge on any atom is 0.152 e. The van der Waals surface area contributed by atoms with Crippen molar-refractivity contribution in [2.75, 3.05) is 5.32 Å². The van der Waals surface area contributed by atoms with Gasteiger partial charge >= 0.3 is 0 Å². The fourth-order valence-electron chi connectivity index (χ4n) is 1.58. The molecule has 0 unspecified atom stereocenters. The number of hydrogen-bond acceptors (Lipinski definition) is 2. The van der Waals surface area contributed by atoms with Crippen molar-refractivity contribution in [2.45, 2.75) is 13.5 Å². The molecule has 1 aromatic heterocycles. The average molecular weight is 330 g/mol. The van der Waals surface area contributed by atoms with Crippen LogP contribution in [-0.2, 0) is 6.54 Å². The van der Waals surface area contributed by atoms with E-state index in [1.54, 1.807) is 12.3 Å². The molecule has 0 radical (unpaired) electrons. The third-order valence-electron chi connectivity index (χ3n) is 2.48. The van der Waals surface area contributed by atoms with Crippen molar-refractivity contribution in [3.05, 3.63) is 57.0 Å². The Morgan fingerprint density at radius 2 is 2.17 bits per heavy atom. The van der Waals surface area contributed by atoms with Crippen molar-refractivity contribution >= 4 is 33.2 Å². The van der Waals surface area contributed by atoms with E-state index < -0.39 is 0 Å². The van der Waals surface area contributed by atoms with Gasteiger partial charge < -0.3 is 5.32 Å². The third kappa shape index (κ3) is 3.21. The Kier molecular flexibility index (Phi) is 4.19. The number of aromatic nitrogens is 1. The van der Waals surface area contributed by atoms with Gasteiger partial charge in [-0.3, -0.25) is 0 Å². The van der Waals surface area contributed by atoms with E-state index in [4.69, 9.17) is 11.6 Å². The van der Waals surface area contributed by atoms with E-state index in [1.807, 2.05) is 19.1 Å². The van der Waals surface area contributed by atoms with E-state index in [0.29, 0.717) is 22.9 Å². The van der Waals surface area contributed by atoms with E-state index in [1.165, 1.54) is 6.07 Å². The monoisotopic (exact) mass is 328 g/mol. The first-order chi connectivity index (χ1) is 8.56. The fraction of sp³-hybridized carbons (Fsp3) is 0.154. The highest BCUT2D eigenvalue weighted by Crippen LogP contribution is 2.23. The van der Waals surface area contributed by atoms with E-state index >= 15 is 0 Å². The lowest BCUT2D eigenvalue weighted by Gasteiger charge is -2.09. The lowest BCUT2D eigenvalue weighted by Crippen LogP contribution is -2.03. The molecule has 0 bridgehead atoms. The Morgan fingerprint density at radius 1 is 1.39 bits per heavy atom. The van der Waals surface area contributed by atoms with Gasteiger partial charge in [0.25, 0.3) is 0 Å². The maximum atomic E-state index is 13.6. The summed E-state index contributed by atoms with van der Waals surface area (Å²) in [4.78, 5) is 3.99. The van der Waals surface area contributed by atoms with Crippen molar-refractivity contribution in [2.24, 2.45) is 0 Å². The zero-order valence-electron chi connectivity index (χ0n) is 9.67. The number of halogens is 3. The van der Waals surface area contributed by atoms with Crippen LogP contribution in [0.4, 0.5) is 10.1 Å². The average Bonchev–Trinajstić information content (AvgIpc) is 2.34. The van der Waals surface area contributed by atoms with Gasteiger partial charge in [-0.1, -0.05) is 29.3 Å². The van der Waals surface area contributed by atoms with Gasteiger partial charge in [0.15, 0.2) is 5.15 Å². The van der Waals surface area contributed by atoms with E-state index in [9.17, 15) is 4.39 Å². The van der Waals surface area contributed by atoms with Crippen molar-refractivity contribution in [1.29, 1.82) is 0 Å². The minimum atomic E-state index is -0.229. The Balaban J connectivity index is 2.16. The largest absolute Gasteiger partial charge is 0.378 e. The second-order valence-electron chi connectivity index (χ2n) is 3.94. The van der Waals surface area contributed by atoms with Crippen LogP contribution in [-0.4, -0.2) is 4.98 Å². The molecule has 2 rings (SSSR count). The van der Waals surface area contributed by atoms with E-state index in [2.05, 4.69) is 26.2 Å². The molecular formula is C13H11BrClFN2. The van der Waals surface area contributed by atoms with Crippen LogP contribution < -0.4 is 5.32 Å². The summed E-state index contributed by atoms with van der Waals surface area (Å²) in [6.45, 7) is 2.29. The number of nitrogens with zero attached hydrogens (tertiary/aromatic N) is 1. The molecular weight excluding hydrogens is 319 g/mol. The summed E-state index contributed by atoms with van der Waals surface area (Å²) in [7, 11) is 0. The lowest BCUT2D eigenvalue weighted by molar-refractivity contribution is 0.612. The number of benzene rings is 1. The fourth-order valence-corrected chi connectivity index (χ4v) is 2.08. The van der Waals surface area contributed by atoms with Gasteiger partial charge in [0, 0.05) is 22.8 Å². The number of hydrogen-bond donors (Lipinski definition) is 1. The molecule has 0 spiro atoms. The molecule has 0 saturated heterocycles. The Bertz CT molecular complexity index is 523. The molecule has 1 aromatic carbocycles. The lowest BCUT2D eigenvalue weighted by atomic mass is 10.1. The van der Waals surface area contributed by atoms with Crippen LogP contribution in [0.1, 0.15) is 11.1 Å². The zero-order chi connectivity index (χ0) is 13.1. The normalized spacial score (nSPS) is 10.4. The van der Waals surface area contributed by atoms with Gasteiger partial charge in [-0.2, -0.15) is 0 Å². The topological polar surface area (TPSA) is 24.9 Å². The van der Waals surface area contributed by atoms with Crippen LogP contribution in [0.25, 0.3) is 0 Å². The summed E-state index contributed by atoms with van der Waals surface area (Å²) in [6, 6.07) is 6.82. The molecule has 2 aromatic rings. The number of pyridine rings is 1. The first-order valence-corrected chi connectivity index (χ1v) is 6.53. The molecule has 0 aliphatic heterocycles. The minimum absolute atomic E-state index is 0.229. The summed E-state index contributed by atoms with van der Waals surface area (Å²) >= 11 is 9.26. The highest BCUT2D eigenvalue weighted by Gasteiger charge is 2.05. The molecule has 1 N–H and O–H groups in total. The number of aryl methyl sites for hydroxylation is 1. The number of anilines is 1. The van der Waals surface area contributed by atoms with Gasteiger partial charge in [-0.05, 0) is 35.0 Å². The molecule has 0 fully saturated rings. The predicted molar refractivity (Wildman–Crippen MR) is 75.4 cm³/mol. The summed E-state index contributed by atoms with van der Waals surface area (Å²) in [5.74, 6) is -0.229. The van der Waals surface area contributed by atoms with Gasteiger partial charge in [0.2, 0.25) is 0 Å². The number of nitrogens with one attached hydrogen (secondary N) is 1. The Labute approximate surface area is 118 Å². The summed E-state index contributed by atoms with van der Waals surface area (Å²) in [5.41, 5.74) is 2.30. The van der Waals surface area contributed by atoms with E-state index in [0.717, 1.165) is 10.0 Å². The highest BCUT2D eigenvalue weighted by atomic mass is 79.9. The third-order valence-corrected chi connectivity index (χ3v) is 3.21. The molecule has 2 nitrogen and oxygen atoms in total. The quantitative estimate of drug-likeness (QED) is 0.835. The molecule has 94 valence electrons. The van der Waals surface area contributed by atoms with E-state index in [-0.39, 0.29) is 5.82 Å². The second kappa shape index (κ2) is 5.67. The molecule has 0 aliphatic carbocycles. The Hall–Kier alpha value is -1.13. The second-order valence-corrected chi connectivity index (χ2v) is 5.21. The molecule has 0 atom stereocenters. The first-order valence-electron chi connectivity index (χ1n) is 5.36. The molecule has 0 amide bonds.